The highest BCUT2D eigenvalue weighted by molar-refractivity contribution is 7.80. The summed E-state index contributed by atoms with van der Waals surface area (Å²) in [5.74, 6) is -0.200. The number of halogens is 3. The van der Waals surface area contributed by atoms with Gasteiger partial charge < -0.3 is 16.0 Å². The molecule has 128 valence electrons. The number of para-hydroxylation sites is 1. The third kappa shape index (κ3) is 7.57. The minimum atomic E-state index is -1.74. The zero-order valence-corrected chi connectivity index (χ0v) is 16.0. The summed E-state index contributed by atoms with van der Waals surface area (Å²) in [4.78, 5) is 11.9. The van der Waals surface area contributed by atoms with Crippen molar-refractivity contribution in [1.82, 2.24) is 10.6 Å². The highest BCUT2D eigenvalue weighted by atomic mass is 35.6. The maximum Gasteiger partial charge on any atom is 0.228 e. The molecular weight excluding hydrogens is 377 g/mol. The third-order valence-electron chi connectivity index (χ3n) is 3.06. The smallest absolute Gasteiger partial charge is 0.228 e. The Bertz CT molecular complexity index is 549. The highest BCUT2D eigenvalue weighted by Crippen LogP contribution is 2.29. The van der Waals surface area contributed by atoms with Crippen LogP contribution < -0.4 is 16.0 Å². The second-order valence-corrected chi connectivity index (χ2v) is 7.84. The van der Waals surface area contributed by atoms with Crippen LogP contribution in [0.4, 0.5) is 5.69 Å². The fraction of sp³-hybridized carbons (Fsp3) is 0.467. The van der Waals surface area contributed by atoms with Crippen LogP contribution in [0, 0.1) is 6.92 Å². The summed E-state index contributed by atoms with van der Waals surface area (Å²) < 4.78 is -1.74. The third-order valence-corrected chi connectivity index (χ3v) is 3.93. The summed E-state index contributed by atoms with van der Waals surface area (Å²) in [5.41, 5.74) is 1.86. The van der Waals surface area contributed by atoms with Crippen LogP contribution in [0.1, 0.15) is 31.7 Å². The molecule has 0 aliphatic rings. The van der Waals surface area contributed by atoms with E-state index < -0.39 is 9.96 Å². The van der Waals surface area contributed by atoms with E-state index in [2.05, 4.69) is 16.0 Å². The van der Waals surface area contributed by atoms with Crippen molar-refractivity contribution in [2.75, 3.05) is 5.32 Å². The summed E-state index contributed by atoms with van der Waals surface area (Å²) in [6, 6.07) is 7.64. The lowest BCUT2D eigenvalue weighted by Gasteiger charge is -2.28. The van der Waals surface area contributed by atoms with Crippen molar-refractivity contribution < 1.29 is 4.79 Å². The summed E-state index contributed by atoms with van der Waals surface area (Å²) in [6.45, 7) is 3.95. The van der Waals surface area contributed by atoms with E-state index in [9.17, 15) is 4.79 Å². The molecule has 0 radical (unpaired) electrons. The predicted octanol–water partition coefficient (Wildman–Crippen LogP) is 4.28. The number of hydrogen-bond acceptors (Lipinski definition) is 2. The van der Waals surface area contributed by atoms with Gasteiger partial charge in [0, 0.05) is 12.1 Å². The van der Waals surface area contributed by atoms with Gasteiger partial charge in [-0.1, -0.05) is 66.3 Å². The molecule has 23 heavy (non-hydrogen) atoms. The Morgan fingerprint density at radius 3 is 2.48 bits per heavy atom. The van der Waals surface area contributed by atoms with E-state index in [1.54, 1.807) is 0 Å². The van der Waals surface area contributed by atoms with Crippen LogP contribution in [-0.4, -0.2) is 21.0 Å². The Kier molecular flexibility index (Phi) is 8.40. The van der Waals surface area contributed by atoms with Gasteiger partial charge in [0.15, 0.2) is 5.11 Å². The van der Waals surface area contributed by atoms with Crippen LogP contribution in [0.3, 0.4) is 0 Å². The molecule has 0 unspecified atom stereocenters. The Morgan fingerprint density at radius 1 is 1.26 bits per heavy atom. The van der Waals surface area contributed by atoms with Crippen molar-refractivity contribution in [3.8, 4) is 0 Å². The molecule has 0 heterocycles. The van der Waals surface area contributed by atoms with Gasteiger partial charge in [-0.3, -0.25) is 4.79 Å². The van der Waals surface area contributed by atoms with Gasteiger partial charge in [0.25, 0.3) is 0 Å². The standard InChI is InChI=1S/C15H20Cl3N3OS/c1-3-4-9-12(22)20-13(15(16,17)18)21-14(23)19-11-8-6-5-7-10(11)2/h5-8,13H,3-4,9H2,1-2H3,(H,20,22)(H2,19,21,23)/t13-/m1/s1. The zero-order chi connectivity index (χ0) is 17.5. The number of hydrogen-bond donors (Lipinski definition) is 3. The second kappa shape index (κ2) is 9.52. The van der Waals surface area contributed by atoms with E-state index in [1.807, 2.05) is 38.1 Å². The van der Waals surface area contributed by atoms with Crippen LogP contribution in [0.15, 0.2) is 24.3 Å². The fourth-order valence-corrected chi connectivity index (χ4v) is 2.33. The summed E-state index contributed by atoms with van der Waals surface area (Å²) in [7, 11) is 0. The van der Waals surface area contributed by atoms with Gasteiger partial charge >= 0.3 is 0 Å². The molecule has 1 atom stereocenters. The number of nitrogens with one attached hydrogen (secondary N) is 3. The monoisotopic (exact) mass is 395 g/mol. The summed E-state index contributed by atoms with van der Waals surface area (Å²) in [5, 5.41) is 8.76. The molecule has 0 saturated heterocycles. The molecule has 0 fully saturated rings. The quantitative estimate of drug-likeness (QED) is 0.381. The number of thiocarbonyl (C=S) groups is 1. The van der Waals surface area contributed by atoms with Crippen LogP contribution >= 0.6 is 47.0 Å². The lowest BCUT2D eigenvalue weighted by atomic mass is 10.2. The Morgan fingerprint density at radius 2 is 1.91 bits per heavy atom. The number of carbonyl (C=O) groups excluding carboxylic acids is 1. The summed E-state index contributed by atoms with van der Waals surface area (Å²) >= 11 is 23.0. The van der Waals surface area contributed by atoms with E-state index in [-0.39, 0.29) is 11.0 Å². The van der Waals surface area contributed by atoms with Crippen molar-refractivity contribution in [3.63, 3.8) is 0 Å². The molecule has 1 aromatic carbocycles. The van der Waals surface area contributed by atoms with Gasteiger partial charge in [0.1, 0.15) is 6.17 Å². The van der Waals surface area contributed by atoms with E-state index in [0.717, 1.165) is 24.1 Å². The first-order valence-corrected chi connectivity index (χ1v) is 8.77. The maximum atomic E-state index is 11.9. The van der Waals surface area contributed by atoms with Crippen LogP contribution in [-0.2, 0) is 4.79 Å². The first-order valence-electron chi connectivity index (χ1n) is 7.23. The van der Waals surface area contributed by atoms with Gasteiger partial charge in [-0.2, -0.15) is 0 Å². The molecule has 0 bridgehead atoms. The largest absolute Gasteiger partial charge is 0.339 e. The molecule has 1 amide bonds. The average molecular weight is 397 g/mol. The molecule has 1 aromatic rings. The van der Waals surface area contributed by atoms with Crippen molar-refractivity contribution >= 4 is 63.7 Å². The van der Waals surface area contributed by atoms with Crippen LogP contribution in [0.25, 0.3) is 0 Å². The second-order valence-electron chi connectivity index (χ2n) is 5.06. The predicted molar refractivity (Wildman–Crippen MR) is 102 cm³/mol. The lowest BCUT2D eigenvalue weighted by Crippen LogP contribution is -2.56. The van der Waals surface area contributed by atoms with E-state index in [4.69, 9.17) is 47.0 Å². The van der Waals surface area contributed by atoms with Gasteiger partial charge in [0.2, 0.25) is 9.70 Å². The van der Waals surface area contributed by atoms with E-state index >= 15 is 0 Å². The van der Waals surface area contributed by atoms with Crippen molar-refractivity contribution in [3.05, 3.63) is 29.8 Å². The average Bonchev–Trinajstić information content (AvgIpc) is 2.46. The Balaban J connectivity index is 2.68. The summed E-state index contributed by atoms with van der Waals surface area (Å²) in [6.07, 6.45) is 1.12. The van der Waals surface area contributed by atoms with Crippen molar-refractivity contribution in [2.45, 2.75) is 43.1 Å². The van der Waals surface area contributed by atoms with Gasteiger partial charge in [-0.05, 0) is 37.2 Å². The van der Waals surface area contributed by atoms with Crippen molar-refractivity contribution in [1.29, 1.82) is 0 Å². The minimum Gasteiger partial charge on any atom is -0.339 e. The Labute approximate surface area is 157 Å². The van der Waals surface area contributed by atoms with Crippen molar-refractivity contribution in [2.24, 2.45) is 0 Å². The Hall–Kier alpha value is -0.750. The zero-order valence-electron chi connectivity index (χ0n) is 13.0. The van der Waals surface area contributed by atoms with Crippen LogP contribution in [0.5, 0.6) is 0 Å². The minimum absolute atomic E-state index is 0.200. The number of aryl methyl sites for hydroxylation is 1. The molecule has 0 saturated carbocycles. The van der Waals surface area contributed by atoms with E-state index in [1.165, 1.54) is 0 Å². The number of alkyl halides is 3. The van der Waals surface area contributed by atoms with Gasteiger partial charge in [0.05, 0.1) is 0 Å². The molecule has 4 nitrogen and oxygen atoms in total. The molecule has 3 N–H and O–H groups in total. The number of anilines is 1. The molecule has 0 spiro atoms. The molecule has 0 aliphatic heterocycles. The van der Waals surface area contributed by atoms with Gasteiger partial charge in [-0.15, -0.1) is 0 Å². The first-order chi connectivity index (χ1) is 10.7. The number of rotatable bonds is 6. The fourth-order valence-electron chi connectivity index (χ4n) is 1.77. The van der Waals surface area contributed by atoms with Crippen LogP contribution in [0.2, 0.25) is 0 Å². The molecule has 0 aromatic heterocycles. The van der Waals surface area contributed by atoms with Gasteiger partial charge in [-0.25, -0.2) is 0 Å². The van der Waals surface area contributed by atoms with E-state index in [0.29, 0.717) is 6.42 Å². The lowest BCUT2D eigenvalue weighted by molar-refractivity contribution is -0.122. The number of unbranched alkanes of at least 4 members (excludes halogenated alkanes) is 1. The number of carbonyl (C=O) groups is 1. The molecule has 1 rings (SSSR count). The maximum absolute atomic E-state index is 11.9. The normalized spacial score (nSPS) is 12.4. The topological polar surface area (TPSA) is 53.2 Å². The first kappa shape index (κ1) is 20.3. The number of amides is 1. The highest BCUT2D eigenvalue weighted by Gasteiger charge is 2.34. The number of benzene rings is 1. The molecule has 0 aliphatic carbocycles. The molecular formula is C15H20Cl3N3OS. The SMILES string of the molecule is CCCCC(=O)N[C@H](NC(=S)Nc1ccccc1C)C(Cl)(Cl)Cl. The molecule has 8 heteroatoms.